The minimum atomic E-state index is -8.63. The van der Waals surface area contributed by atoms with Gasteiger partial charge in [0.2, 0.25) is 0 Å². The highest BCUT2D eigenvalue weighted by Gasteiger charge is 2.95. The van der Waals surface area contributed by atoms with Crippen molar-refractivity contribution in [1.82, 2.24) is 0 Å². The first-order valence-electron chi connectivity index (χ1n) is 7.93. The minimum absolute atomic E-state index is 0.168. The lowest BCUT2D eigenvalue weighted by Crippen LogP contribution is -2.75. The Labute approximate surface area is 195 Å². The van der Waals surface area contributed by atoms with Gasteiger partial charge in [-0.1, -0.05) is 15.9 Å². The normalized spacial score (nSPS) is 15.3. The quantitative estimate of drug-likeness (QED) is 0.219. The summed E-state index contributed by atoms with van der Waals surface area (Å²) in [5, 5.41) is -6.05. The second kappa shape index (κ2) is 8.72. The van der Waals surface area contributed by atoms with Crippen molar-refractivity contribution in [3.05, 3.63) is 28.7 Å². The predicted octanol–water partition coefficient (Wildman–Crippen LogP) is 7.67. The van der Waals surface area contributed by atoms with Gasteiger partial charge in [-0.15, -0.1) is 0 Å². The SMILES string of the molecule is O=C(Nc1ccc(Br)cc1)C(F)(F)C(F)(F)C(F)(F)C(F)(F)C(F)(F)C(F)(F)C(F)(F)C(F)(F)Cl. The van der Waals surface area contributed by atoms with Gasteiger partial charge in [0.15, 0.2) is 0 Å². The molecule has 0 fully saturated rings. The van der Waals surface area contributed by atoms with Gasteiger partial charge < -0.3 is 5.32 Å². The number of hydrogen-bond donors (Lipinski definition) is 1. The Morgan fingerprint density at radius 2 is 0.914 bits per heavy atom. The highest BCUT2D eigenvalue weighted by atomic mass is 79.9. The van der Waals surface area contributed by atoms with Gasteiger partial charge in [0.05, 0.1) is 0 Å². The van der Waals surface area contributed by atoms with Gasteiger partial charge in [-0.25, -0.2) is 0 Å². The number of anilines is 1. The van der Waals surface area contributed by atoms with Crippen LogP contribution in [0.4, 0.5) is 75.9 Å². The number of nitrogens with one attached hydrogen (secondary N) is 1. The minimum Gasteiger partial charge on any atom is -0.321 e. The van der Waals surface area contributed by atoms with Crippen LogP contribution in [-0.2, 0) is 4.79 Å². The van der Waals surface area contributed by atoms with E-state index in [-0.39, 0.29) is 4.47 Å². The molecule has 0 spiro atoms. The Balaban J connectivity index is 3.56. The van der Waals surface area contributed by atoms with Crippen molar-refractivity contribution < 1.29 is 75.0 Å². The van der Waals surface area contributed by atoms with Crippen molar-refractivity contribution >= 4 is 39.1 Å². The maximum Gasteiger partial charge on any atom is 0.393 e. The van der Waals surface area contributed by atoms with E-state index in [2.05, 4.69) is 27.5 Å². The van der Waals surface area contributed by atoms with Crippen LogP contribution >= 0.6 is 27.5 Å². The molecule has 0 bridgehead atoms. The summed E-state index contributed by atoms with van der Waals surface area (Å²) in [6.07, 6.45) is 0. The topological polar surface area (TPSA) is 29.1 Å². The molecule has 0 unspecified atom stereocenters. The molecule has 0 aliphatic heterocycles. The first-order chi connectivity index (χ1) is 15.1. The lowest BCUT2D eigenvalue weighted by atomic mass is 9.89. The van der Waals surface area contributed by atoms with Crippen LogP contribution in [0.3, 0.4) is 0 Å². The molecule has 0 saturated heterocycles. The van der Waals surface area contributed by atoms with Crippen LogP contribution in [0.25, 0.3) is 0 Å². The van der Waals surface area contributed by atoms with Crippen molar-refractivity contribution in [2.75, 3.05) is 5.32 Å². The van der Waals surface area contributed by atoms with Gasteiger partial charge >= 0.3 is 52.7 Å². The zero-order valence-electron chi connectivity index (χ0n) is 15.5. The van der Waals surface area contributed by atoms with Gasteiger partial charge in [0.1, 0.15) is 0 Å². The van der Waals surface area contributed by atoms with Crippen molar-refractivity contribution in [2.45, 2.75) is 46.8 Å². The highest BCUT2D eigenvalue weighted by molar-refractivity contribution is 9.10. The fourth-order valence-corrected chi connectivity index (χ4v) is 2.43. The molecule has 0 heterocycles. The Bertz CT molecular complexity index is 943. The maximum absolute atomic E-state index is 13.8. The number of carbonyl (C=O) groups is 1. The summed E-state index contributed by atoms with van der Waals surface area (Å²) in [6, 6.07) is 3.16. The van der Waals surface area contributed by atoms with E-state index in [1.807, 2.05) is 0 Å². The van der Waals surface area contributed by atoms with Crippen LogP contribution in [0.5, 0.6) is 0 Å². The summed E-state index contributed by atoms with van der Waals surface area (Å²) >= 11 is 6.20. The number of benzene rings is 1. The van der Waals surface area contributed by atoms with E-state index < -0.39 is 58.4 Å². The Morgan fingerprint density at radius 3 is 1.26 bits per heavy atom. The zero-order chi connectivity index (χ0) is 28.3. The molecule has 0 saturated carbocycles. The van der Waals surface area contributed by atoms with Crippen LogP contribution in [0.2, 0.25) is 0 Å². The standard InChI is InChI=1S/C15H5BrClF16NO/c16-5-1-3-6(4-2-5)34-7(35)8(18,19)9(20,21)10(22,23)11(24,25)12(26,27)13(28,29)14(30,31)15(17,32)33/h1-4H,(H,34,35). The predicted molar refractivity (Wildman–Crippen MR) is 88.2 cm³/mol. The maximum atomic E-state index is 13.8. The fourth-order valence-electron chi connectivity index (χ4n) is 2.05. The number of hydrogen-bond acceptors (Lipinski definition) is 1. The largest absolute Gasteiger partial charge is 0.393 e. The van der Waals surface area contributed by atoms with E-state index >= 15 is 0 Å². The molecule has 0 aromatic heterocycles. The van der Waals surface area contributed by atoms with Crippen molar-refractivity contribution in [3.8, 4) is 0 Å². The molecule has 0 radical (unpaired) electrons. The van der Waals surface area contributed by atoms with E-state index in [1.165, 1.54) is 0 Å². The summed E-state index contributed by atoms with van der Waals surface area (Å²) < 4.78 is 214. The van der Waals surface area contributed by atoms with Crippen LogP contribution < -0.4 is 5.32 Å². The Morgan fingerprint density at radius 1 is 0.600 bits per heavy atom. The third-order valence-electron chi connectivity index (χ3n) is 4.11. The summed E-state index contributed by atoms with van der Waals surface area (Å²) in [4.78, 5) is 11.4. The van der Waals surface area contributed by atoms with Crippen molar-refractivity contribution in [1.29, 1.82) is 0 Å². The smallest absolute Gasteiger partial charge is 0.321 e. The number of rotatable bonds is 9. The number of halogens is 18. The molecule has 35 heavy (non-hydrogen) atoms. The van der Waals surface area contributed by atoms with E-state index in [0.717, 1.165) is 17.4 Å². The summed E-state index contributed by atoms with van der Waals surface area (Å²) in [5.74, 6) is -60.5. The molecule has 20 heteroatoms. The molecule has 2 nitrogen and oxygen atoms in total. The summed E-state index contributed by atoms with van der Waals surface area (Å²) in [7, 11) is 0. The Kier molecular flexibility index (Phi) is 7.82. The summed E-state index contributed by atoms with van der Waals surface area (Å²) in [6.45, 7) is 0. The zero-order valence-corrected chi connectivity index (χ0v) is 17.9. The second-order valence-electron chi connectivity index (χ2n) is 6.48. The lowest BCUT2D eigenvalue weighted by Gasteiger charge is -2.42. The van der Waals surface area contributed by atoms with Gasteiger partial charge in [0.25, 0.3) is 0 Å². The average molecular weight is 635 g/mol. The lowest BCUT2D eigenvalue weighted by molar-refractivity contribution is -0.445. The van der Waals surface area contributed by atoms with Crippen LogP contribution in [0.15, 0.2) is 28.7 Å². The molecule has 1 N–H and O–H groups in total. The molecule has 202 valence electrons. The van der Waals surface area contributed by atoms with Gasteiger partial charge in [-0.2, -0.15) is 70.2 Å². The molecule has 0 aliphatic rings. The molecule has 1 aromatic carbocycles. The first kappa shape index (κ1) is 31.4. The monoisotopic (exact) mass is 633 g/mol. The van der Waals surface area contributed by atoms with E-state index in [9.17, 15) is 75.0 Å². The van der Waals surface area contributed by atoms with E-state index in [4.69, 9.17) is 0 Å². The fraction of sp³-hybridized carbons (Fsp3) is 0.533. The third kappa shape index (κ3) is 4.50. The number of carbonyl (C=O) groups excluding carboxylic acids is 1. The van der Waals surface area contributed by atoms with Gasteiger partial charge in [0, 0.05) is 10.2 Å². The van der Waals surface area contributed by atoms with Crippen molar-refractivity contribution in [3.63, 3.8) is 0 Å². The van der Waals surface area contributed by atoms with Crippen LogP contribution in [0, 0.1) is 0 Å². The molecule has 1 aromatic rings. The third-order valence-corrected chi connectivity index (χ3v) is 4.88. The van der Waals surface area contributed by atoms with Crippen LogP contribution in [-0.4, -0.2) is 52.7 Å². The van der Waals surface area contributed by atoms with Gasteiger partial charge in [-0.3, -0.25) is 4.79 Å². The van der Waals surface area contributed by atoms with Gasteiger partial charge in [-0.05, 0) is 35.9 Å². The molecular formula is C15H5BrClF16NO. The molecule has 1 amide bonds. The summed E-state index contributed by atoms with van der Waals surface area (Å²) in [5.41, 5.74) is -0.885. The molecule has 1 rings (SSSR count). The highest BCUT2D eigenvalue weighted by Crippen LogP contribution is 2.64. The molecule has 0 aliphatic carbocycles. The van der Waals surface area contributed by atoms with E-state index in [0.29, 0.717) is 12.1 Å². The Hall–Kier alpha value is -1.66. The van der Waals surface area contributed by atoms with Crippen LogP contribution in [0.1, 0.15) is 0 Å². The average Bonchev–Trinajstić information content (AvgIpc) is 2.67. The number of amides is 1. The molecular weight excluding hydrogens is 629 g/mol. The first-order valence-corrected chi connectivity index (χ1v) is 9.10. The number of alkyl halides is 17. The van der Waals surface area contributed by atoms with E-state index in [1.54, 1.807) is 0 Å². The van der Waals surface area contributed by atoms with Crippen molar-refractivity contribution in [2.24, 2.45) is 0 Å². The second-order valence-corrected chi connectivity index (χ2v) is 7.87. The molecule has 0 atom stereocenters.